The normalized spacial score (nSPS) is 23.1. The number of carboxylic acid groups (broad SMARTS) is 1. The van der Waals surface area contributed by atoms with E-state index in [0.717, 1.165) is 12.8 Å². The van der Waals surface area contributed by atoms with Gasteiger partial charge in [-0.25, -0.2) is 9.78 Å². The van der Waals surface area contributed by atoms with Crippen LogP contribution in [0.5, 0.6) is 0 Å². The molecule has 1 amide bonds. The Balaban J connectivity index is 2.01. The molecule has 2 atom stereocenters. The maximum Gasteiger partial charge on any atom is 0.407 e. The van der Waals surface area contributed by atoms with Crippen molar-refractivity contribution >= 4 is 17.4 Å². The summed E-state index contributed by atoms with van der Waals surface area (Å²) in [5.74, 6) is -0.0315. The lowest BCUT2D eigenvalue weighted by molar-refractivity contribution is 0.0502. The lowest BCUT2D eigenvalue weighted by Gasteiger charge is -2.32. The maximum atomic E-state index is 10.8. The zero-order valence-corrected chi connectivity index (χ0v) is 9.56. The van der Waals surface area contributed by atoms with Crippen LogP contribution in [0.25, 0.3) is 0 Å². The van der Waals surface area contributed by atoms with E-state index in [1.165, 1.54) is 16.2 Å². The number of rotatable bonds is 2. The van der Waals surface area contributed by atoms with Gasteiger partial charge in [-0.3, -0.25) is 0 Å². The molecule has 2 N–H and O–H groups in total. The molecule has 1 fully saturated rings. The number of amides is 1. The highest BCUT2D eigenvalue weighted by Crippen LogP contribution is 2.30. The van der Waals surface area contributed by atoms with Gasteiger partial charge in [0.1, 0.15) is 11.1 Å². The minimum Gasteiger partial charge on any atom is -0.465 e. The third-order valence-electron chi connectivity index (χ3n) is 2.88. The smallest absolute Gasteiger partial charge is 0.407 e. The average Bonchev–Trinajstić information content (AvgIpc) is 2.81. The van der Waals surface area contributed by atoms with Gasteiger partial charge >= 0.3 is 6.09 Å². The van der Waals surface area contributed by atoms with Gasteiger partial charge in [-0.1, -0.05) is 0 Å². The topological polar surface area (TPSA) is 73.7 Å². The van der Waals surface area contributed by atoms with Gasteiger partial charge in [-0.2, -0.15) is 0 Å². The van der Waals surface area contributed by atoms with Gasteiger partial charge in [0.2, 0.25) is 0 Å². The first-order chi connectivity index (χ1) is 7.68. The molecule has 0 aromatic carbocycles. The summed E-state index contributed by atoms with van der Waals surface area (Å²) < 4.78 is 0. The second-order valence-electron chi connectivity index (χ2n) is 3.95. The quantitative estimate of drug-likeness (QED) is 0.825. The van der Waals surface area contributed by atoms with Crippen LogP contribution in [0.4, 0.5) is 4.79 Å². The molecule has 0 spiro atoms. The van der Waals surface area contributed by atoms with Crippen LogP contribution in [0, 0.1) is 5.92 Å². The van der Waals surface area contributed by atoms with Crippen LogP contribution in [0.3, 0.4) is 0 Å². The van der Waals surface area contributed by atoms with E-state index in [2.05, 4.69) is 4.98 Å². The third kappa shape index (κ3) is 2.33. The minimum absolute atomic E-state index is 0.0315. The summed E-state index contributed by atoms with van der Waals surface area (Å²) in [6.07, 6.45) is 1.77. The summed E-state index contributed by atoms with van der Waals surface area (Å²) in [6.45, 7) is 0.965. The number of hydrogen-bond donors (Lipinski definition) is 2. The molecule has 1 aliphatic rings. The van der Waals surface area contributed by atoms with Gasteiger partial charge in [0.15, 0.2) is 0 Å². The summed E-state index contributed by atoms with van der Waals surface area (Å²) in [5.41, 5.74) is 0. The van der Waals surface area contributed by atoms with Crippen LogP contribution in [-0.4, -0.2) is 39.3 Å². The van der Waals surface area contributed by atoms with Crippen molar-refractivity contribution in [1.82, 2.24) is 9.88 Å². The number of hydrogen-bond acceptors (Lipinski definition) is 4. The number of thiazole rings is 1. The van der Waals surface area contributed by atoms with Crippen molar-refractivity contribution in [2.75, 3.05) is 13.1 Å². The predicted octanol–water partition coefficient (Wildman–Crippen LogP) is 1.57. The van der Waals surface area contributed by atoms with Crippen molar-refractivity contribution in [3.05, 3.63) is 16.6 Å². The number of nitrogens with zero attached hydrogens (tertiary/aromatic N) is 2. The highest BCUT2D eigenvalue weighted by Gasteiger charge is 2.30. The Morgan fingerprint density at radius 1 is 1.69 bits per heavy atom. The summed E-state index contributed by atoms with van der Waals surface area (Å²) in [5, 5.41) is 21.5. The third-order valence-corrected chi connectivity index (χ3v) is 3.73. The Hall–Kier alpha value is -1.14. The molecule has 6 heteroatoms. The van der Waals surface area contributed by atoms with Crippen molar-refractivity contribution < 1.29 is 15.0 Å². The summed E-state index contributed by atoms with van der Waals surface area (Å²) in [4.78, 5) is 16.3. The molecular formula is C10H14N2O3S. The van der Waals surface area contributed by atoms with E-state index in [1.54, 1.807) is 6.20 Å². The van der Waals surface area contributed by atoms with E-state index >= 15 is 0 Å². The molecule has 0 saturated carbocycles. The molecule has 1 saturated heterocycles. The SMILES string of the molecule is O=C(O)N1CCCC(C(O)c2nccs2)C1. The first-order valence-corrected chi connectivity index (χ1v) is 6.12. The number of aromatic nitrogens is 1. The number of likely N-dealkylation sites (tertiary alicyclic amines) is 1. The largest absolute Gasteiger partial charge is 0.465 e. The van der Waals surface area contributed by atoms with Gasteiger partial charge in [-0.05, 0) is 12.8 Å². The predicted molar refractivity (Wildman–Crippen MR) is 59.4 cm³/mol. The van der Waals surface area contributed by atoms with Crippen molar-refractivity contribution in [3.63, 3.8) is 0 Å². The Morgan fingerprint density at radius 2 is 2.50 bits per heavy atom. The van der Waals surface area contributed by atoms with Crippen LogP contribution in [0.2, 0.25) is 0 Å². The monoisotopic (exact) mass is 242 g/mol. The molecular weight excluding hydrogens is 228 g/mol. The highest BCUT2D eigenvalue weighted by molar-refractivity contribution is 7.09. The zero-order valence-electron chi connectivity index (χ0n) is 8.74. The first kappa shape index (κ1) is 11.3. The molecule has 16 heavy (non-hydrogen) atoms. The van der Waals surface area contributed by atoms with E-state index in [0.29, 0.717) is 18.1 Å². The summed E-state index contributed by atoms with van der Waals surface area (Å²) in [7, 11) is 0. The molecule has 1 aliphatic heterocycles. The Kier molecular flexibility index (Phi) is 3.40. The average molecular weight is 242 g/mol. The molecule has 0 aliphatic carbocycles. The van der Waals surface area contributed by atoms with E-state index in [4.69, 9.17) is 5.11 Å². The second-order valence-corrected chi connectivity index (χ2v) is 4.87. The number of piperidine rings is 1. The van der Waals surface area contributed by atoms with Gasteiger partial charge in [0.05, 0.1) is 0 Å². The molecule has 2 unspecified atom stereocenters. The lowest BCUT2D eigenvalue weighted by Crippen LogP contribution is -2.40. The maximum absolute atomic E-state index is 10.8. The van der Waals surface area contributed by atoms with Gasteiger partial charge in [0, 0.05) is 30.6 Å². The Labute approximate surface area is 97.4 Å². The molecule has 2 heterocycles. The van der Waals surface area contributed by atoms with Gasteiger partial charge in [-0.15, -0.1) is 11.3 Å². The summed E-state index contributed by atoms with van der Waals surface area (Å²) >= 11 is 1.41. The fraction of sp³-hybridized carbons (Fsp3) is 0.600. The Bertz CT molecular complexity index is 355. The van der Waals surface area contributed by atoms with Crippen LogP contribution in [-0.2, 0) is 0 Å². The van der Waals surface area contributed by atoms with Crippen molar-refractivity contribution in [2.45, 2.75) is 18.9 Å². The van der Waals surface area contributed by atoms with Crippen molar-refractivity contribution in [3.8, 4) is 0 Å². The Morgan fingerprint density at radius 3 is 3.12 bits per heavy atom. The number of aliphatic hydroxyl groups is 1. The van der Waals surface area contributed by atoms with E-state index in [-0.39, 0.29) is 5.92 Å². The van der Waals surface area contributed by atoms with Gasteiger partial charge in [0.25, 0.3) is 0 Å². The van der Waals surface area contributed by atoms with Crippen LogP contribution in [0.15, 0.2) is 11.6 Å². The standard InChI is InChI=1S/C10H14N2O3S/c13-8(9-11-3-5-16-9)7-2-1-4-12(6-7)10(14)15/h3,5,7-8,13H,1-2,4,6H2,(H,14,15). The van der Waals surface area contributed by atoms with Crippen molar-refractivity contribution in [1.29, 1.82) is 0 Å². The molecule has 88 valence electrons. The second kappa shape index (κ2) is 4.80. The van der Waals surface area contributed by atoms with Crippen LogP contribution in [0.1, 0.15) is 24.0 Å². The molecule has 0 radical (unpaired) electrons. The van der Waals surface area contributed by atoms with E-state index in [1.807, 2.05) is 5.38 Å². The number of carbonyl (C=O) groups is 1. The molecule has 0 bridgehead atoms. The highest BCUT2D eigenvalue weighted by atomic mass is 32.1. The number of aliphatic hydroxyl groups excluding tert-OH is 1. The fourth-order valence-electron chi connectivity index (χ4n) is 2.02. The molecule has 1 aromatic rings. The molecule has 1 aromatic heterocycles. The molecule has 2 rings (SSSR count). The minimum atomic E-state index is -0.906. The van der Waals surface area contributed by atoms with Crippen LogP contribution >= 0.6 is 11.3 Å². The van der Waals surface area contributed by atoms with E-state index < -0.39 is 12.2 Å². The molecule has 5 nitrogen and oxygen atoms in total. The van der Waals surface area contributed by atoms with Crippen LogP contribution < -0.4 is 0 Å². The van der Waals surface area contributed by atoms with Gasteiger partial charge < -0.3 is 15.1 Å². The van der Waals surface area contributed by atoms with E-state index in [9.17, 15) is 9.90 Å². The zero-order chi connectivity index (χ0) is 11.5. The van der Waals surface area contributed by atoms with Crippen molar-refractivity contribution in [2.24, 2.45) is 5.92 Å². The fourth-order valence-corrected chi connectivity index (χ4v) is 2.74. The lowest BCUT2D eigenvalue weighted by atomic mass is 9.93. The first-order valence-electron chi connectivity index (χ1n) is 5.24. The summed E-state index contributed by atoms with van der Waals surface area (Å²) in [6, 6.07) is 0.